The molecule has 1 heterocycles. The molecule has 0 unspecified atom stereocenters. The van der Waals surface area contributed by atoms with Gasteiger partial charge < -0.3 is 10.1 Å². The smallest absolute Gasteiger partial charge is 0.234 e. The summed E-state index contributed by atoms with van der Waals surface area (Å²) in [4.78, 5) is 16.6. The lowest BCUT2D eigenvalue weighted by Gasteiger charge is -2.10. The Morgan fingerprint density at radius 1 is 1.14 bits per heavy atom. The molecule has 0 bridgehead atoms. The Kier molecular flexibility index (Phi) is 6.93. The Balaban J connectivity index is 1.48. The predicted octanol–water partition coefficient (Wildman–Crippen LogP) is 4.85. The Morgan fingerprint density at radius 2 is 1.83 bits per heavy atom. The number of para-hydroxylation sites is 1. The largest absolute Gasteiger partial charge is 0.485 e. The van der Waals surface area contributed by atoms with E-state index in [4.69, 9.17) is 4.74 Å². The van der Waals surface area contributed by atoms with Crippen LogP contribution < -0.4 is 10.1 Å². The zero-order valence-electron chi connectivity index (χ0n) is 17.2. The summed E-state index contributed by atoms with van der Waals surface area (Å²) in [6.45, 7) is 8.61. The van der Waals surface area contributed by atoms with Crippen LogP contribution in [0.2, 0.25) is 0 Å². The molecule has 0 spiro atoms. The number of carbonyl (C=O) groups is 1. The fraction of sp³-hybridized carbons (Fsp3) is 0.318. The van der Waals surface area contributed by atoms with Crippen LogP contribution in [-0.2, 0) is 11.4 Å². The standard InChI is InChI=1S/C22H26N4O2S/c1-14(2)17-8-10-18(11-9-17)23-20(27)13-29-22-24-19(25-26-22)12-28-21-15(3)6-5-7-16(21)4/h5-11,14H,12-13H2,1-4H3,(H,23,27)(H,24,25,26). The zero-order valence-corrected chi connectivity index (χ0v) is 18.0. The molecule has 29 heavy (non-hydrogen) atoms. The molecule has 3 rings (SSSR count). The average molecular weight is 411 g/mol. The molecule has 0 atom stereocenters. The zero-order chi connectivity index (χ0) is 20.8. The molecule has 3 aromatic rings. The van der Waals surface area contributed by atoms with Gasteiger partial charge in [-0.2, -0.15) is 0 Å². The molecule has 0 saturated heterocycles. The summed E-state index contributed by atoms with van der Waals surface area (Å²) in [6.07, 6.45) is 0. The highest BCUT2D eigenvalue weighted by Crippen LogP contribution is 2.23. The molecule has 0 aliphatic rings. The Labute approximate surface area is 175 Å². The number of ether oxygens (including phenoxy) is 1. The molecule has 7 heteroatoms. The average Bonchev–Trinajstić information content (AvgIpc) is 3.14. The van der Waals surface area contributed by atoms with E-state index in [2.05, 4.69) is 34.3 Å². The summed E-state index contributed by atoms with van der Waals surface area (Å²) in [7, 11) is 0. The quantitative estimate of drug-likeness (QED) is 0.519. The van der Waals surface area contributed by atoms with Crippen molar-refractivity contribution in [3.8, 4) is 5.75 Å². The number of amides is 1. The highest BCUT2D eigenvalue weighted by Gasteiger charge is 2.10. The van der Waals surface area contributed by atoms with Crippen molar-refractivity contribution in [3.05, 3.63) is 65.0 Å². The first-order chi connectivity index (χ1) is 13.9. The van der Waals surface area contributed by atoms with E-state index < -0.39 is 0 Å². The maximum absolute atomic E-state index is 12.2. The minimum Gasteiger partial charge on any atom is -0.485 e. The van der Waals surface area contributed by atoms with Crippen molar-refractivity contribution in [1.29, 1.82) is 0 Å². The molecule has 0 aliphatic heterocycles. The molecule has 2 N–H and O–H groups in total. The van der Waals surface area contributed by atoms with Crippen molar-refractivity contribution in [2.24, 2.45) is 0 Å². The molecule has 0 radical (unpaired) electrons. The van der Waals surface area contributed by atoms with Gasteiger partial charge in [0, 0.05) is 5.69 Å². The van der Waals surface area contributed by atoms with Gasteiger partial charge in [0.05, 0.1) is 5.75 Å². The van der Waals surface area contributed by atoms with Crippen LogP contribution in [0.15, 0.2) is 47.6 Å². The fourth-order valence-corrected chi connectivity index (χ4v) is 3.47. The first-order valence-corrected chi connectivity index (χ1v) is 10.5. The first kappa shape index (κ1) is 20.9. The van der Waals surface area contributed by atoms with E-state index in [-0.39, 0.29) is 11.7 Å². The monoisotopic (exact) mass is 410 g/mol. The van der Waals surface area contributed by atoms with E-state index in [1.54, 1.807) is 0 Å². The van der Waals surface area contributed by atoms with Crippen molar-refractivity contribution in [3.63, 3.8) is 0 Å². The number of aromatic amines is 1. The van der Waals surface area contributed by atoms with E-state index >= 15 is 0 Å². The van der Waals surface area contributed by atoms with Crippen LogP contribution in [-0.4, -0.2) is 26.8 Å². The molecule has 1 amide bonds. The number of aromatic nitrogens is 3. The van der Waals surface area contributed by atoms with Crippen LogP contribution in [0.1, 0.15) is 42.3 Å². The minimum atomic E-state index is -0.0922. The molecule has 152 valence electrons. The highest BCUT2D eigenvalue weighted by atomic mass is 32.2. The van der Waals surface area contributed by atoms with Gasteiger partial charge in [0.25, 0.3) is 0 Å². The number of nitrogens with zero attached hydrogens (tertiary/aromatic N) is 2. The number of rotatable bonds is 8. The maximum atomic E-state index is 12.2. The third-order valence-electron chi connectivity index (χ3n) is 4.47. The molecule has 2 aromatic carbocycles. The highest BCUT2D eigenvalue weighted by molar-refractivity contribution is 7.99. The van der Waals surface area contributed by atoms with Gasteiger partial charge in [-0.05, 0) is 48.6 Å². The number of nitrogens with one attached hydrogen (secondary N) is 2. The lowest BCUT2D eigenvalue weighted by Crippen LogP contribution is -2.14. The maximum Gasteiger partial charge on any atom is 0.234 e. The van der Waals surface area contributed by atoms with Gasteiger partial charge in [0.1, 0.15) is 12.4 Å². The SMILES string of the molecule is Cc1cccc(C)c1OCc1nc(SCC(=O)Nc2ccc(C(C)C)cc2)n[nH]1. The van der Waals surface area contributed by atoms with Gasteiger partial charge in [0.2, 0.25) is 11.1 Å². The molecule has 6 nitrogen and oxygen atoms in total. The number of thioether (sulfide) groups is 1. The molecular formula is C22H26N4O2S. The Morgan fingerprint density at radius 3 is 2.48 bits per heavy atom. The normalized spacial score (nSPS) is 10.9. The summed E-state index contributed by atoms with van der Waals surface area (Å²) < 4.78 is 5.88. The number of benzene rings is 2. The van der Waals surface area contributed by atoms with E-state index in [0.717, 1.165) is 22.6 Å². The summed E-state index contributed by atoms with van der Waals surface area (Å²) >= 11 is 1.28. The first-order valence-electron chi connectivity index (χ1n) is 9.55. The fourth-order valence-electron chi connectivity index (χ4n) is 2.85. The van der Waals surface area contributed by atoms with E-state index in [1.807, 2.05) is 56.3 Å². The van der Waals surface area contributed by atoms with Gasteiger partial charge in [-0.25, -0.2) is 4.98 Å². The van der Waals surface area contributed by atoms with E-state index in [0.29, 0.717) is 23.5 Å². The third kappa shape index (κ3) is 5.84. The number of hydrogen-bond acceptors (Lipinski definition) is 5. The lowest BCUT2D eigenvalue weighted by molar-refractivity contribution is -0.113. The van der Waals surface area contributed by atoms with Crippen molar-refractivity contribution in [2.45, 2.75) is 45.4 Å². The number of H-pyrrole nitrogens is 1. The Hall–Kier alpha value is -2.80. The van der Waals surface area contributed by atoms with Crippen molar-refractivity contribution in [2.75, 3.05) is 11.1 Å². The lowest BCUT2D eigenvalue weighted by atomic mass is 10.0. The number of anilines is 1. The third-order valence-corrected chi connectivity index (χ3v) is 5.31. The molecule has 0 aliphatic carbocycles. The second kappa shape index (κ2) is 9.60. The van der Waals surface area contributed by atoms with Crippen LogP contribution >= 0.6 is 11.8 Å². The predicted molar refractivity (Wildman–Crippen MR) is 117 cm³/mol. The number of hydrogen-bond donors (Lipinski definition) is 2. The summed E-state index contributed by atoms with van der Waals surface area (Å²) in [5.74, 6) is 2.10. The summed E-state index contributed by atoms with van der Waals surface area (Å²) in [5.41, 5.74) is 4.20. The second-order valence-electron chi connectivity index (χ2n) is 7.19. The Bertz CT molecular complexity index is 947. The van der Waals surface area contributed by atoms with Crippen molar-refractivity contribution in [1.82, 2.24) is 15.2 Å². The van der Waals surface area contributed by atoms with Gasteiger partial charge in [-0.1, -0.05) is 55.9 Å². The molecular weight excluding hydrogens is 384 g/mol. The topological polar surface area (TPSA) is 79.9 Å². The van der Waals surface area contributed by atoms with Crippen LogP contribution in [0.4, 0.5) is 5.69 Å². The van der Waals surface area contributed by atoms with Crippen molar-refractivity contribution < 1.29 is 9.53 Å². The van der Waals surface area contributed by atoms with Crippen LogP contribution in [0, 0.1) is 13.8 Å². The van der Waals surface area contributed by atoms with Gasteiger partial charge in [-0.3, -0.25) is 9.89 Å². The van der Waals surface area contributed by atoms with Gasteiger partial charge in [0.15, 0.2) is 5.82 Å². The minimum absolute atomic E-state index is 0.0922. The van der Waals surface area contributed by atoms with E-state index in [1.165, 1.54) is 17.3 Å². The second-order valence-corrected chi connectivity index (χ2v) is 8.13. The van der Waals surface area contributed by atoms with Crippen LogP contribution in [0.3, 0.4) is 0 Å². The molecule has 0 fully saturated rings. The van der Waals surface area contributed by atoms with Crippen LogP contribution in [0.5, 0.6) is 5.75 Å². The van der Waals surface area contributed by atoms with Crippen LogP contribution in [0.25, 0.3) is 0 Å². The van der Waals surface area contributed by atoms with Gasteiger partial charge in [-0.15, -0.1) is 5.10 Å². The van der Waals surface area contributed by atoms with E-state index in [9.17, 15) is 4.79 Å². The number of carbonyl (C=O) groups excluding carboxylic acids is 1. The summed E-state index contributed by atoms with van der Waals surface area (Å²) in [5, 5.41) is 10.4. The van der Waals surface area contributed by atoms with Crippen molar-refractivity contribution >= 4 is 23.4 Å². The van der Waals surface area contributed by atoms with Gasteiger partial charge >= 0.3 is 0 Å². The molecule has 1 aromatic heterocycles. The molecule has 0 saturated carbocycles. The summed E-state index contributed by atoms with van der Waals surface area (Å²) in [6, 6.07) is 13.9. The number of aryl methyl sites for hydroxylation is 2.